The van der Waals surface area contributed by atoms with Gasteiger partial charge in [0.25, 0.3) is 0 Å². The molecule has 1 aromatic rings. The molecule has 22 heavy (non-hydrogen) atoms. The molecule has 4 heteroatoms. The molecule has 1 aliphatic rings. The van der Waals surface area contributed by atoms with Crippen molar-refractivity contribution in [3.63, 3.8) is 0 Å². The zero-order valence-electron chi connectivity index (χ0n) is 14.3. The second-order valence-electron chi connectivity index (χ2n) is 7.60. The van der Waals surface area contributed by atoms with Crippen LogP contribution in [0.25, 0.3) is 0 Å². The highest BCUT2D eigenvalue weighted by molar-refractivity contribution is 5.31. The molecule has 0 radical (unpaired) electrons. The molecule has 1 heterocycles. The molecule has 2 rings (SSSR count). The number of aliphatic hydroxyl groups is 1. The van der Waals surface area contributed by atoms with Crippen LogP contribution >= 0.6 is 0 Å². The van der Waals surface area contributed by atoms with Crippen molar-refractivity contribution in [3.05, 3.63) is 29.8 Å². The van der Waals surface area contributed by atoms with Gasteiger partial charge in [0.2, 0.25) is 0 Å². The largest absolute Gasteiger partial charge is 0.491 e. The first-order chi connectivity index (χ1) is 10.3. The van der Waals surface area contributed by atoms with E-state index in [4.69, 9.17) is 9.47 Å². The highest BCUT2D eigenvalue weighted by Gasteiger charge is 2.28. The smallest absolute Gasteiger partial charge is 0.137 e. The predicted octanol–water partition coefficient (Wildman–Crippen LogP) is 2.20. The number of morpholine rings is 1. The van der Waals surface area contributed by atoms with E-state index in [1.54, 1.807) is 0 Å². The number of quaternary nitrogens is 1. The molecule has 4 nitrogen and oxygen atoms in total. The summed E-state index contributed by atoms with van der Waals surface area (Å²) in [7, 11) is 2.17. The number of aliphatic hydroxyl groups excluding tert-OH is 1. The van der Waals surface area contributed by atoms with Crippen LogP contribution < -0.4 is 4.74 Å². The lowest BCUT2D eigenvalue weighted by molar-refractivity contribution is -0.919. The van der Waals surface area contributed by atoms with Gasteiger partial charge >= 0.3 is 0 Å². The molecule has 124 valence electrons. The maximum Gasteiger partial charge on any atom is 0.137 e. The number of benzene rings is 1. The van der Waals surface area contributed by atoms with Gasteiger partial charge in [0.15, 0.2) is 0 Å². The van der Waals surface area contributed by atoms with Gasteiger partial charge in [-0.2, -0.15) is 0 Å². The highest BCUT2D eigenvalue weighted by atomic mass is 16.5. The van der Waals surface area contributed by atoms with E-state index < -0.39 is 6.10 Å². The van der Waals surface area contributed by atoms with E-state index in [0.29, 0.717) is 13.2 Å². The monoisotopic (exact) mass is 308 g/mol. The van der Waals surface area contributed by atoms with Gasteiger partial charge in [0.1, 0.15) is 38.1 Å². The van der Waals surface area contributed by atoms with Crippen LogP contribution in [-0.4, -0.2) is 62.2 Å². The van der Waals surface area contributed by atoms with Gasteiger partial charge in [-0.3, -0.25) is 0 Å². The molecule has 1 aliphatic heterocycles. The number of nitrogens with zero attached hydrogens (tertiary/aromatic N) is 1. The van der Waals surface area contributed by atoms with E-state index in [9.17, 15) is 5.11 Å². The first-order valence-corrected chi connectivity index (χ1v) is 8.11. The third-order valence-corrected chi connectivity index (χ3v) is 4.37. The highest BCUT2D eigenvalue weighted by Crippen LogP contribution is 2.24. The summed E-state index contributed by atoms with van der Waals surface area (Å²) >= 11 is 0. The number of ether oxygens (including phenoxy) is 2. The van der Waals surface area contributed by atoms with E-state index >= 15 is 0 Å². The maximum absolute atomic E-state index is 10.2. The van der Waals surface area contributed by atoms with Crippen molar-refractivity contribution in [3.8, 4) is 5.75 Å². The van der Waals surface area contributed by atoms with Crippen LogP contribution in [0.15, 0.2) is 24.3 Å². The molecule has 1 N–H and O–H groups in total. The minimum absolute atomic E-state index is 0.146. The Morgan fingerprint density at radius 2 is 1.77 bits per heavy atom. The van der Waals surface area contributed by atoms with Crippen molar-refractivity contribution in [2.45, 2.75) is 32.3 Å². The first-order valence-electron chi connectivity index (χ1n) is 8.11. The summed E-state index contributed by atoms with van der Waals surface area (Å²) in [5.74, 6) is 0.816. The van der Waals surface area contributed by atoms with Gasteiger partial charge in [-0.1, -0.05) is 32.9 Å². The molecular weight excluding hydrogens is 278 g/mol. The molecule has 0 bridgehead atoms. The topological polar surface area (TPSA) is 38.7 Å². The van der Waals surface area contributed by atoms with Crippen molar-refractivity contribution in [2.24, 2.45) is 0 Å². The second kappa shape index (κ2) is 6.99. The van der Waals surface area contributed by atoms with Crippen molar-refractivity contribution in [2.75, 3.05) is 46.5 Å². The Kier molecular flexibility index (Phi) is 5.48. The minimum Gasteiger partial charge on any atom is -0.491 e. The molecule has 1 unspecified atom stereocenters. The molecule has 1 fully saturated rings. The van der Waals surface area contributed by atoms with Crippen LogP contribution in [0, 0.1) is 0 Å². The SMILES string of the molecule is CC(C)(C)c1ccc(OCC(O)C[N+]2(C)CCOCC2)cc1. The molecule has 0 aliphatic carbocycles. The maximum atomic E-state index is 10.2. The van der Waals surface area contributed by atoms with Gasteiger partial charge < -0.3 is 19.1 Å². The van der Waals surface area contributed by atoms with Gasteiger partial charge in [-0.05, 0) is 23.1 Å². The van der Waals surface area contributed by atoms with Crippen LogP contribution in [0.2, 0.25) is 0 Å². The summed E-state index contributed by atoms with van der Waals surface area (Å²) < 4.78 is 12.0. The van der Waals surface area contributed by atoms with Crippen molar-refractivity contribution in [1.82, 2.24) is 0 Å². The van der Waals surface area contributed by atoms with E-state index in [0.717, 1.165) is 36.5 Å². The Balaban J connectivity index is 1.82. The summed E-state index contributed by atoms with van der Waals surface area (Å²) in [5, 5.41) is 10.2. The summed E-state index contributed by atoms with van der Waals surface area (Å²) in [6.07, 6.45) is -0.453. The summed E-state index contributed by atoms with van der Waals surface area (Å²) in [6.45, 7) is 11.1. The van der Waals surface area contributed by atoms with Crippen molar-refractivity contribution < 1.29 is 19.1 Å². The minimum atomic E-state index is -0.453. The van der Waals surface area contributed by atoms with E-state index in [2.05, 4.69) is 40.0 Å². The lowest BCUT2D eigenvalue weighted by atomic mass is 9.87. The van der Waals surface area contributed by atoms with Crippen molar-refractivity contribution in [1.29, 1.82) is 0 Å². The molecule has 1 saturated heterocycles. The lowest BCUT2D eigenvalue weighted by Crippen LogP contribution is -2.56. The molecule has 0 amide bonds. The Hall–Kier alpha value is -1.10. The molecule has 0 saturated carbocycles. The first kappa shape index (κ1) is 17.3. The van der Waals surface area contributed by atoms with Crippen LogP contribution in [0.1, 0.15) is 26.3 Å². The van der Waals surface area contributed by atoms with Crippen LogP contribution in [0.3, 0.4) is 0 Å². The number of likely N-dealkylation sites (N-methyl/N-ethyl adjacent to an activating group) is 1. The zero-order chi connectivity index (χ0) is 16.2. The Labute approximate surface area is 134 Å². The predicted molar refractivity (Wildman–Crippen MR) is 88.2 cm³/mol. The number of rotatable bonds is 5. The molecular formula is C18H30NO3+. The van der Waals surface area contributed by atoms with E-state index in [1.165, 1.54) is 5.56 Å². The van der Waals surface area contributed by atoms with E-state index in [1.807, 2.05) is 12.1 Å². The quantitative estimate of drug-likeness (QED) is 0.848. The fourth-order valence-electron chi connectivity index (χ4n) is 2.77. The lowest BCUT2D eigenvalue weighted by Gasteiger charge is -2.38. The number of hydrogen-bond acceptors (Lipinski definition) is 3. The van der Waals surface area contributed by atoms with Gasteiger partial charge in [0, 0.05) is 0 Å². The average molecular weight is 308 g/mol. The van der Waals surface area contributed by atoms with Crippen LogP contribution in [0.4, 0.5) is 0 Å². The molecule has 0 spiro atoms. The molecule has 1 atom stereocenters. The second-order valence-corrected chi connectivity index (χ2v) is 7.60. The fraction of sp³-hybridized carbons (Fsp3) is 0.667. The number of hydrogen-bond donors (Lipinski definition) is 1. The summed E-state index contributed by atoms with van der Waals surface area (Å²) in [5.41, 5.74) is 1.43. The normalized spacial score (nSPS) is 19.7. The summed E-state index contributed by atoms with van der Waals surface area (Å²) in [4.78, 5) is 0. The summed E-state index contributed by atoms with van der Waals surface area (Å²) in [6, 6.07) is 8.16. The average Bonchev–Trinajstić information content (AvgIpc) is 2.45. The van der Waals surface area contributed by atoms with E-state index in [-0.39, 0.29) is 5.41 Å². The van der Waals surface area contributed by atoms with Gasteiger partial charge in [0.05, 0.1) is 20.3 Å². The third kappa shape index (κ3) is 4.97. The Morgan fingerprint density at radius 1 is 1.18 bits per heavy atom. The van der Waals surface area contributed by atoms with Crippen molar-refractivity contribution >= 4 is 0 Å². The van der Waals surface area contributed by atoms with Crippen LogP contribution in [0.5, 0.6) is 5.75 Å². The van der Waals surface area contributed by atoms with Gasteiger partial charge in [-0.25, -0.2) is 0 Å². The fourth-order valence-corrected chi connectivity index (χ4v) is 2.77. The molecule has 0 aromatic heterocycles. The molecule has 1 aromatic carbocycles. The Morgan fingerprint density at radius 3 is 2.32 bits per heavy atom. The van der Waals surface area contributed by atoms with Crippen LogP contribution in [-0.2, 0) is 10.2 Å². The Bertz CT molecular complexity index is 458. The standard InChI is InChI=1S/C18H30NO3/c1-18(2,3)15-5-7-17(8-6-15)22-14-16(20)13-19(4)9-11-21-12-10-19/h5-8,16,20H,9-14H2,1-4H3/q+1. The van der Waals surface area contributed by atoms with Gasteiger partial charge in [-0.15, -0.1) is 0 Å². The zero-order valence-corrected chi connectivity index (χ0v) is 14.3. The third-order valence-electron chi connectivity index (χ3n) is 4.37.